The lowest BCUT2D eigenvalue weighted by Gasteiger charge is -2.43. The highest BCUT2D eigenvalue weighted by Crippen LogP contribution is 2.53. The van der Waals surface area contributed by atoms with Crippen molar-refractivity contribution in [1.29, 1.82) is 0 Å². The zero-order chi connectivity index (χ0) is 22.9. The summed E-state index contributed by atoms with van der Waals surface area (Å²) < 4.78 is 16.6. The number of allylic oxidation sites excluding steroid dienone is 2. The lowest BCUT2D eigenvalue weighted by atomic mass is 9.68. The third-order valence-corrected chi connectivity index (χ3v) is 6.91. The number of ether oxygens (including phenoxy) is 3. The molecule has 0 spiro atoms. The highest BCUT2D eigenvalue weighted by Gasteiger charge is 2.49. The Balaban J connectivity index is 1.60. The van der Waals surface area contributed by atoms with Crippen LogP contribution in [0.25, 0.3) is 0 Å². The Morgan fingerprint density at radius 2 is 1.64 bits per heavy atom. The van der Waals surface area contributed by atoms with E-state index in [1.807, 2.05) is 49.4 Å². The summed E-state index contributed by atoms with van der Waals surface area (Å²) in [4.78, 5) is 28.8. The van der Waals surface area contributed by atoms with Crippen molar-refractivity contribution < 1.29 is 23.8 Å². The van der Waals surface area contributed by atoms with Gasteiger partial charge in [-0.1, -0.05) is 37.6 Å². The van der Waals surface area contributed by atoms with Crippen LogP contribution in [-0.2, 0) is 14.3 Å². The normalized spacial score (nSPS) is 23.0. The molecule has 2 aromatic carbocycles. The van der Waals surface area contributed by atoms with E-state index >= 15 is 0 Å². The molecule has 0 aromatic heterocycles. The van der Waals surface area contributed by atoms with E-state index in [4.69, 9.17) is 14.2 Å². The molecule has 0 bridgehead atoms. The summed E-state index contributed by atoms with van der Waals surface area (Å²) in [7, 11) is 0. The first-order chi connectivity index (χ1) is 15.8. The van der Waals surface area contributed by atoms with Crippen molar-refractivity contribution in [3.05, 3.63) is 76.1 Å². The molecule has 0 radical (unpaired) electrons. The fourth-order valence-corrected chi connectivity index (χ4v) is 5.44. The van der Waals surface area contributed by atoms with E-state index in [0.29, 0.717) is 29.1 Å². The molecule has 6 nitrogen and oxygen atoms in total. The van der Waals surface area contributed by atoms with Gasteiger partial charge < -0.3 is 19.1 Å². The lowest BCUT2D eigenvalue weighted by Crippen LogP contribution is -2.40. The van der Waals surface area contributed by atoms with E-state index in [9.17, 15) is 9.59 Å². The Labute approximate surface area is 192 Å². The van der Waals surface area contributed by atoms with Crippen LogP contribution in [0.3, 0.4) is 0 Å². The monoisotopic (exact) mass is 443 g/mol. The number of esters is 1. The number of Topliss-reactive ketones (excluding diaryl/α,β-unsaturated/α-hetero) is 1. The quantitative estimate of drug-likeness (QED) is 0.623. The largest absolute Gasteiger partial charge is 0.456 e. The van der Waals surface area contributed by atoms with Crippen LogP contribution in [0.4, 0.5) is 5.69 Å². The Kier molecular flexibility index (Phi) is 4.25. The number of hydrogen-bond acceptors (Lipinski definition) is 6. The molecule has 4 aliphatic rings. The number of fused-ring (bicyclic) bond motifs is 1. The van der Waals surface area contributed by atoms with Crippen molar-refractivity contribution in [3.63, 3.8) is 0 Å². The van der Waals surface area contributed by atoms with E-state index < -0.39 is 5.92 Å². The number of cyclic esters (lactones) is 1. The van der Waals surface area contributed by atoms with Gasteiger partial charge in [0, 0.05) is 29.3 Å². The zero-order valence-corrected chi connectivity index (χ0v) is 18.9. The Hall–Kier alpha value is -3.54. The number of anilines is 1. The number of hydrogen-bond donors (Lipinski definition) is 0. The molecule has 0 N–H and O–H groups in total. The number of aryl methyl sites for hydroxylation is 1. The van der Waals surface area contributed by atoms with Crippen LogP contribution in [0.1, 0.15) is 43.7 Å². The number of nitrogens with zero attached hydrogens (tertiary/aromatic N) is 1. The van der Waals surface area contributed by atoms with Gasteiger partial charge in [-0.25, -0.2) is 4.79 Å². The molecule has 3 heterocycles. The Morgan fingerprint density at radius 3 is 2.42 bits per heavy atom. The van der Waals surface area contributed by atoms with Crippen LogP contribution >= 0.6 is 0 Å². The van der Waals surface area contributed by atoms with Gasteiger partial charge in [-0.2, -0.15) is 0 Å². The summed E-state index contributed by atoms with van der Waals surface area (Å²) in [5.41, 5.74) is 5.75. The van der Waals surface area contributed by atoms with Crippen molar-refractivity contribution in [2.45, 2.75) is 39.5 Å². The first-order valence-corrected chi connectivity index (χ1v) is 11.3. The van der Waals surface area contributed by atoms with Gasteiger partial charge in [0.15, 0.2) is 17.3 Å². The molecule has 168 valence electrons. The molecular formula is C27H25NO5. The molecule has 2 aromatic rings. The van der Waals surface area contributed by atoms with Crippen molar-refractivity contribution in [1.82, 2.24) is 0 Å². The van der Waals surface area contributed by atoms with E-state index in [-0.39, 0.29) is 30.6 Å². The number of ketones is 1. The average Bonchev–Trinajstić information content (AvgIpc) is 3.38. The van der Waals surface area contributed by atoms with Crippen LogP contribution < -0.4 is 14.4 Å². The Bertz CT molecular complexity index is 1270. The minimum absolute atomic E-state index is 0.0762. The minimum Gasteiger partial charge on any atom is -0.456 e. The van der Waals surface area contributed by atoms with Crippen LogP contribution in [0, 0.1) is 12.3 Å². The van der Waals surface area contributed by atoms with Gasteiger partial charge in [-0.05, 0) is 48.6 Å². The second-order valence-corrected chi connectivity index (χ2v) is 9.95. The van der Waals surface area contributed by atoms with Gasteiger partial charge in [0.05, 0.1) is 11.3 Å². The zero-order valence-electron chi connectivity index (χ0n) is 18.9. The van der Waals surface area contributed by atoms with Crippen molar-refractivity contribution in [2.24, 2.45) is 5.41 Å². The predicted octanol–water partition coefficient (Wildman–Crippen LogP) is 4.78. The Morgan fingerprint density at radius 1 is 0.879 bits per heavy atom. The van der Waals surface area contributed by atoms with Gasteiger partial charge in [0.2, 0.25) is 6.79 Å². The van der Waals surface area contributed by atoms with E-state index in [1.54, 1.807) is 0 Å². The summed E-state index contributed by atoms with van der Waals surface area (Å²) in [6.07, 6.45) is 1.17. The maximum absolute atomic E-state index is 13.7. The number of carbonyl (C=O) groups is 2. The topological polar surface area (TPSA) is 65.1 Å². The average molecular weight is 443 g/mol. The van der Waals surface area contributed by atoms with Gasteiger partial charge >= 0.3 is 5.97 Å². The van der Waals surface area contributed by atoms with Crippen LogP contribution in [-0.4, -0.2) is 25.2 Å². The van der Waals surface area contributed by atoms with Crippen LogP contribution in [0.5, 0.6) is 11.5 Å². The first kappa shape index (κ1) is 20.1. The summed E-state index contributed by atoms with van der Waals surface area (Å²) in [6.45, 7) is 6.65. The highest BCUT2D eigenvalue weighted by molar-refractivity contribution is 6.06. The third kappa shape index (κ3) is 3.08. The number of carbonyl (C=O) groups excluding carboxylic acids is 2. The first-order valence-electron chi connectivity index (χ1n) is 11.3. The van der Waals surface area contributed by atoms with Crippen molar-refractivity contribution in [2.75, 3.05) is 18.3 Å². The molecule has 1 unspecified atom stereocenters. The fourth-order valence-electron chi connectivity index (χ4n) is 5.44. The summed E-state index contributed by atoms with van der Waals surface area (Å²) in [6, 6.07) is 13.8. The molecule has 6 heteroatoms. The molecule has 0 amide bonds. The molecule has 0 saturated heterocycles. The van der Waals surface area contributed by atoms with Gasteiger partial charge in [-0.3, -0.25) is 4.79 Å². The van der Waals surface area contributed by atoms with E-state index in [2.05, 4.69) is 18.7 Å². The standard InChI is InChI=1S/C27H25NO5/c1-15-4-7-17(8-5-15)28-18-11-27(2,3)12-20(29)24(18)23(25-19(28)13-31-26(25)30)16-6-9-21-22(10-16)33-14-32-21/h4-10,23H,11-14H2,1-3H3. The van der Waals surface area contributed by atoms with Crippen LogP contribution in [0.15, 0.2) is 65.0 Å². The summed E-state index contributed by atoms with van der Waals surface area (Å²) in [5.74, 6) is 0.531. The lowest BCUT2D eigenvalue weighted by molar-refractivity contribution is -0.136. The SMILES string of the molecule is Cc1ccc(N2C3=C(C(=O)CC(C)(C)C3)C(c3ccc4c(c3)OCO4)C3=C2COC3=O)cc1. The number of rotatable bonds is 2. The third-order valence-electron chi connectivity index (χ3n) is 6.91. The fraction of sp³-hybridized carbons (Fsp3) is 0.333. The van der Waals surface area contributed by atoms with Gasteiger partial charge in [0.1, 0.15) is 6.61 Å². The predicted molar refractivity (Wildman–Crippen MR) is 122 cm³/mol. The highest BCUT2D eigenvalue weighted by atomic mass is 16.7. The molecule has 0 saturated carbocycles. The van der Waals surface area contributed by atoms with E-state index in [0.717, 1.165) is 34.6 Å². The second-order valence-electron chi connectivity index (χ2n) is 9.95. The summed E-state index contributed by atoms with van der Waals surface area (Å²) in [5, 5.41) is 0. The van der Waals surface area contributed by atoms with Crippen LogP contribution in [0.2, 0.25) is 0 Å². The van der Waals surface area contributed by atoms with Crippen molar-refractivity contribution >= 4 is 17.4 Å². The summed E-state index contributed by atoms with van der Waals surface area (Å²) >= 11 is 0. The molecule has 33 heavy (non-hydrogen) atoms. The smallest absolute Gasteiger partial charge is 0.337 e. The molecule has 0 fully saturated rings. The van der Waals surface area contributed by atoms with Crippen molar-refractivity contribution in [3.8, 4) is 11.5 Å². The van der Waals surface area contributed by atoms with Gasteiger partial charge in [0.25, 0.3) is 0 Å². The number of benzene rings is 2. The molecule has 6 rings (SSSR count). The van der Waals surface area contributed by atoms with Gasteiger partial charge in [-0.15, -0.1) is 0 Å². The minimum atomic E-state index is -0.482. The maximum atomic E-state index is 13.7. The molecular weight excluding hydrogens is 418 g/mol. The van der Waals surface area contributed by atoms with E-state index in [1.165, 1.54) is 0 Å². The molecule has 3 aliphatic heterocycles. The molecule has 1 aliphatic carbocycles. The second kappa shape index (κ2) is 6.98. The molecule has 1 atom stereocenters. The maximum Gasteiger partial charge on any atom is 0.337 e.